The smallest absolute Gasteiger partial charge is 0.0314 e. The maximum absolute atomic E-state index is 5.66. The molecule has 0 aliphatic heterocycles. The first-order valence-electron chi connectivity index (χ1n) is 5.13. The molecule has 1 aromatic carbocycles. The Bertz CT molecular complexity index is 276. The van der Waals surface area contributed by atoms with Gasteiger partial charge in [0.15, 0.2) is 0 Å². The lowest BCUT2D eigenvalue weighted by atomic mass is 9.90. The average Bonchev–Trinajstić information content (AvgIpc) is 2.53. The second-order valence-corrected chi connectivity index (χ2v) is 4.18. The van der Waals surface area contributed by atoms with Gasteiger partial charge in [-0.3, -0.25) is 0 Å². The van der Waals surface area contributed by atoms with E-state index in [9.17, 15) is 0 Å². The lowest BCUT2D eigenvalue weighted by Gasteiger charge is -2.15. The molecule has 2 N–H and O–H groups in total. The van der Waals surface area contributed by atoms with Crippen LogP contribution in [0, 0.1) is 5.92 Å². The zero-order valence-corrected chi connectivity index (χ0v) is 8.16. The number of rotatable bonds is 1. The van der Waals surface area contributed by atoms with E-state index in [4.69, 9.17) is 5.73 Å². The van der Waals surface area contributed by atoms with Crippen LogP contribution in [0.25, 0.3) is 0 Å². The molecule has 1 nitrogen and oxygen atoms in total. The fourth-order valence-electron chi connectivity index (χ4n) is 2.38. The molecule has 1 aliphatic rings. The summed E-state index contributed by atoms with van der Waals surface area (Å²) in [4.78, 5) is 0. The van der Waals surface area contributed by atoms with Crippen molar-refractivity contribution in [3.63, 3.8) is 0 Å². The summed E-state index contributed by atoms with van der Waals surface area (Å²) in [6.45, 7) is 2.36. The standard InChI is InChI=1S/C12H17N/c1-9-3-2-4-12(9)10-5-7-11(13)8-6-10/h5-9,12H,2-4,13H2,1H3. The van der Waals surface area contributed by atoms with Crippen molar-refractivity contribution in [2.45, 2.75) is 32.1 Å². The quantitative estimate of drug-likeness (QED) is 0.652. The zero-order chi connectivity index (χ0) is 9.26. The van der Waals surface area contributed by atoms with Gasteiger partial charge in [0.25, 0.3) is 0 Å². The Morgan fingerprint density at radius 1 is 1.15 bits per heavy atom. The summed E-state index contributed by atoms with van der Waals surface area (Å²) in [7, 11) is 0. The molecule has 0 spiro atoms. The zero-order valence-electron chi connectivity index (χ0n) is 8.16. The number of anilines is 1. The summed E-state index contributed by atoms with van der Waals surface area (Å²) in [6.07, 6.45) is 4.12. The highest BCUT2D eigenvalue weighted by molar-refractivity contribution is 5.40. The van der Waals surface area contributed by atoms with E-state index in [1.165, 1.54) is 24.8 Å². The summed E-state index contributed by atoms with van der Waals surface area (Å²) in [5, 5.41) is 0. The summed E-state index contributed by atoms with van der Waals surface area (Å²) in [5.41, 5.74) is 8.00. The highest BCUT2D eigenvalue weighted by atomic mass is 14.5. The molecule has 2 unspecified atom stereocenters. The minimum atomic E-state index is 0.778. The second kappa shape index (κ2) is 3.41. The number of nitrogen functional groups attached to an aromatic ring is 1. The third-order valence-electron chi connectivity index (χ3n) is 3.23. The van der Waals surface area contributed by atoms with Crippen LogP contribution in [0.3, 0.4) is 0 Å². The van der Waals surface area contributed by atoms with Crippen LogP contribution in [0.4, 0.5) is 5.69 Å². The monoisotopic (exact) mass is 175 g/mol. The van der Waals surface area contributed by atoms with Crippen LogP contribution >= 0.6 is 0 Å². The largest absolute Gasteiger partial charge is 0.399 e. The Balaban J connectivity index is 2.20. The Kier molecular flexibility index (Phi) is 2.26. The van der Waals surface area contributed by atoms with Crippen molar-refractivity contribution in [1.29, 1.82) is 0 Å². The van der Waals surface area contributed by atoms with E-state index in [1.807, 2.05) is 12.1 Å². The van der Waals surface area contributed by atoms with Crippen LogP contribution in [0.15, 0.2) is 24.3 Å². The summed E-state index contributed by atoms with van der Waals surface area (Å²) in [5.74, 6) is 1.63. The highest BCUT2D eigenvalue weighted by Gasteiger charge is 2.24. The molecule has 1 saturated carbocycles. The Hall–Kier alpha value is -0.980. The summed E-state index contributed by atoms with van der Waals surface area (Å²) in [6, 6.07) is 8.39. The summed E-state index contributed by atoms with van der Waals surface area (Å²) >= 11 is 0. The molecule has 1 fully saturated rings. The van der Waals surface area contributed by atoms with E-state index in [2.05, 4.69) is 19.1 Å². The molecule has 70 valence electrons. The van der Waals surface area contributed by atoms with E-state index in [0.717, 1.165) is 17.5 Å². The van der Waals surface area contributed by atoms with Crippen LogP contribution in [-0.4, -0.2) is 0 Å². The first-order chi connectivity index (χ1) is 6.27. The third-order valence-corrected chi connectivity index (χ3v) is 3.23. The first kappa shape index (κ1) is 8.61. The topological polar surface area (TPSA) is 26.0 Å². The summed E-state index contributed by atoms with van der Waals surface area (Å²) < 4.78 is 0. The molecule has 0 aromatic heterocycles. The van der Waals surface area contributed by atoms with Crippen molar-refractivity contribution >= 4 is 5.69 Å². The van der Waals surface area contributed by atoms with Crippen LogP contribution in [0.2, 0.25) is 0 Å². The minimum absolute atomic E-state index is 0.778. The normalized spacial score (nSPS) is 27.8. The van der Waals surface area contributed by atoms with Crippen molar-refractivity contribution < 1.29 is 0 Å². The fraction of sp³-hybridized carbons (Fsp3) is 0.500. The maximum atomic E-state index is 5.66. The molecule has 0 bridgehead atoms. The SMILES string of the molecule is CC1CCCC1c1ccc(N)cc1. The van der Waals surface area contributed by atoms with Gasteiger partial charge in [0.1, 0.15) is 0 Å². The van der Waals surface area contributed by atoms with Crippen molar-refractivity contribution in [1.82, 2.24) is 0 Å². The number of nitrogens with two attached hydrogens (primary N) is 1. The maximum Gasteiger partial charge on any atom is 0.0314 e. The molecule has 1 aliphatic carbocycles. The molecule has 1 heteroatoms. The van der Waals surface area contributed by atoms with Gasteiger partial charge >= 0.3 is 0 Å². The lowest BCUT2D eigenvalue weighted by molar-refractivity contribution is 0.533. The predicted molar refractivity (Wildman–Crippen MR) is 56.6 cm³/mol. The number of hydrogen-bond acceptors (Lipinski definition) is 1. The van der Waals surface area contributed by atoms with E-state index in [1.54, 1.807) is 0 Å². The van der Waals surface area contributed by atoms with Gasteiger partial charge in [-0.15, -0.1) is 0 Å². The van der Waals surface area contributed by atoms with Gasteiger partial charge in [-0.25, -0.2) is 0 Å². The van der Waals surface area contributed by atoms with E-state index >= 15 is 0 Å². The van der Waals surface area contributed by atoms with E-state index in [0.29, 0.717) is 0 Å². The predicted octanol–water partition coefficient (Wildman–Crippen LogP) is 3.17. The highest BCUT2D eigenvalue weighted by Crippen LogP contribution is 2.39. The molecule has 0 radical (unpaired) electrons. The fourth-order valence-corrected chi connectivity index (χ4v) is 2.38. The van der Waals surface area contributed by atoms with Crippen molar-refractivity contribution in [3.8, 4) is 0 Å². The van der Waals surface area contributed by atoms with Crippen LogP contribution in [-0.2, 0) is 0 Å². The van der Waals surface area contributed by atoms with E-state index < -0.39 is 0 Å². The average molecular weight is 175 g/mol. The van der Waals surface area contributed by atoms with Crippen LogP contribution < -0.4 is 5.73 Å². The molecular weight excluding hydrogens is 158 g/mol. The Morgan fingerprint density at radius 2 is 1.85 bits per heavy atom. The minimum Gasteiger partial charge on any atom is -0.399 e. The molecule has 13 heavy (non-hydrogen) atoms. The number of benzene rings is 1. The van der Waals surface area contributed by atoms with Crippen molar-refractivity contribution in [2.75, 3.05) is 5.73 Å². The van der Waals surface area contributed by atoms with Gasteiger partial charge in [0, 0.05) is 5.69 Å². The number of hydrogen-bond donors (Lipinski definition) is 1. The lowest BCUT2D eigenvalue weighted by Crippen LogP contribution is -2.01. The van der Waals surface area contributed by atoms with Crippen molar-refractivity contribution in [2.24, 2.45) is 5.92 Å². The van der Waals surface area contributed by atoms with Gasteiger partial charge in [0.05, 0.1) is 0 Å². The van der Waals surface area contributed by atoms with Gasteiger partial charge in [-0.05, 0) is 36.0 Å². The Labute approximate surface area is 80.0 Å². The van der Waals surface area contributed by atoms with Crippen LogP contribution in [0.5, 0.6) is 0 Å². The van der Waals surface area contributed by atoms with Gasteiger partial charge in [-0.1, -0.05) is 31.9 Å². The molecule has 0 saturated heterocycles. The van der Waals surface area contributed by atoms with Crippen molar-refractivity contribution in [3.05, 3.63) is 29.8 Å². The molecule has 2 rings (SSSR count). The van der Waals surface area contributed by atoms with Gasteiger partial charge in [0.2, 0.25) is 0 Å². The first-order valence-corrected chi connectivity index (χ1v) is 5.13. The van der Waals surface area contributed by atoms with E-state index in [-0.39, 0.29) is 0 Å². The molecule has 2 atom stereocenters. The Morgan fingerprint density at radius 3 is 2.38 bits per heavy atom. The molecule has 0 amide bonds. The van der Waals surface area contributed by atoms with Crippen LogP contribution in [0.1, 0.15) is 37.7 Å². The van der Waals surface area contributed by atoms with Gasteiger partial charge < -0.3 is 5.73 Å². The molecular formula is C12H17N. The molecule has 1 aromatic rings. The van der Waals surface area contributed by atoms with Gasteiger partial charge in [-0.2, -0.15) is 0 Å². The second-order valence-electron chi connectivity index (χ2n) is 4.18. The molecule has 0 heterocycles. The third kappa shape index (κ3) is 1.69.